The van der Waals surface area contributed by atoms with Crippen molar-refractivity contribution < 1.29 is 19.2 Å². The first kappa shape index (κ1) is 21.8. The normalized spacial score (nSPS) is 12.0. The van der Waals surface area contributed by atoms with Crippen LogP contribution in [0.5, 0.6) is 5.75 Å². The van der Waals surface area contributed by atoms with Crippen LogP contribution in [-0.4, -0.2) is 32.8 Å². The summed E-state index contributed by atoms with van der Waals surface area (Å²) in [7, 11) is 0. The molecule has 11 heteroatoms. The molecule has 0 fully saturated rings. The molecule has 3 aromatic rings. The molecule has 0 radical (unpaired) electrons. The second kappa shape index (κ2) is 9.30. The van der Waals surface area contributed by atoms with Crippen LogP contribution in [-0.2, 0) is 4.79 Å². The smallest absolute Gasteiger partial charge is 0.353 e. The summed E-state index contributed by atoms with van der Waals surface area (Å²) in [4.78, 5) is 35.4. The Labute approximate surface area is 181 Å². The Bertz CT molecular complexity index is 1140. The number of hydrogen-bond acceptors (Lipinski definition) is 8. The van der Waals surface area contributed by atoms with E-state index in [4.69, 9.17) is 4.74 Å². The van der Waals surface area contributed by atoms with Crippen molar-refractivity contribution in [3.8, 4) is 5.75 Å². The fourth-order valence-corrected chi connectivity index (χ4v) is 3.44. The van der Waals surface area contributed by atoms with Gasteiger partial charge in [-0.15, -0.1) is 11.3 Å². The SMILES string of the molecule is Cc1nn(C(C)C(=O)N/N=C/c2ccc(OC(=O)c3cccs3)cc2)c(C)c1[N+](=O)[O-]. The van der Waals surface area contributed by atoms with Crippen molar-refractivity contribution in [1.82, 2.24) is 15.2 Å². The number of nitro groups is 1. The van der Waals surface area contributed by atoms with Gasteiger partial charge in [0.05, 0.1) is 11.1 Å². The Hall–Kier alpha value is -3.86. The zero-order chi connectivity index (χ0) is 22.5. The zero-order valence-corrected chi connectivity index (χ0v) is 17.8. The van der Waals surface area contributed by atoms with E-state index in [2.05, 4.69) is 15.6 Å². The van der Waals surface area contributed by atoms with Gasteiger partial charge in [-0.2, -0.15) is 10.2 Å². The van der Waals surface area contributed by atoms with Crippen molar-refractivity contribution in [1.29, 1.82) is 0 Å². The summed E-state index contributed by atoms with van der Waals surface area (Å²) >= 11 is 1.30. The Kier molecular flexibility index (Phi) is 6.55. The largest absolute Gasteiger partial charge is 0.422 e. The first-order valence-electron chi connectivity index (χ1n) is 9.16. The lowest BCUT2D eigenvalue weighted by Crippen LogP contribution is -2.28. The van der Waals surface area contributed by atoms with E-state index in [1.165, 1.54) is 36.1 Å². The van der Waals surface area contributed by atoms with E-state index in [0.29, 0.717) is 21.9 Å². The maximum absolute atomic E-state index is 12.4. The average Bonchev–Trinajstić information content (AvgIpc) is 3.36. The number of nitrogens with one attached hydrogen (secondary N) is 1. The Morgan fingerprint density at radius 2 is 2.00 bits per heavy atom. The Balaban J connectivity index is 1.59. The quantitative estimate of drug-likeness (QED) is 0.197. The van der Waals surface area contributed by atoms with Crippen molar-refractivity contribution in [2.45, 2.75) is 26.8 Å². The number of carbonyl (C=O) groups is 2. The van der Waals surface area contributed by atoms with E-state index in [9.17, 15) is 19.7 Å². The highest BCUT2D eigenvalue weighted by atomic mass is 32.1. The number of rotatable bonds is 7. The molecule has 1 amide bonds. The van der Waals surface area contributed by atoms with Crippen molar-refractivity contribution in [3.05, 3.63) is 73.7 Å². The third kappa shape index (κ3) is 5.01. The van der Waals surface area contributed by atoms with Crippen molar-refractivity contribution >= 4 is 35.1 Å². The highest BCUT2D eigenvalue weighted by Crippen LogP contribution is 2.24. The van der Waals surface area contributed by atoms with Gasteiger partial charge in [-0.1, -0.05) is 6.07 Å². The van der Waals surface area contributed by atoms with Gasteiger partial charge in [-0.25, -0.2) is 10.2 Å². The third-order valence-electron chi connectivity index (χ3n) is 4.42. The van der Waals surface area contributed by atoms with E-state index >= 15 is 0 Å². The van der Waals surface area contributed by atoms with Crippen LogP contribution >= 0.6 is 11.3 Å². The summed E-state index contributed by atoms with van der Waals surface area (Å²) in [5.41, 5.74) is 3.49. The molecule has 3 rings (SSSR count). The number of esters is 1. The minimum Gasteiger partial charge on any atom is -0.422 e. The Morgan fingerprint density at radius 3 is 2.58 bits per heavy atom. The predicted octanol–water partition coefficient (Wildman–Crippen LogP) is 3.40. The highest BCUT2D eigenvalue weighted by molar-refractivity contribution is 7.12. The molecule has 1 atom stereocenters. The van der Waals surface area contributed by atoms with Gasteiger partial charge in [0.15, 0.2) is 0 Å². The van der Waals surface area contributed by atoms with Crippen LogP contribution in [0.2, 0.25) is 0 Å². The number of carbonyl (C=O) groups excluding carboxylic acids is 2. The van der Waals surface area contributed by atoms with Crippen LogP contribution in [0.25, 0.3) is 0 Å². The minimum absolute atomic E-state index is 0.108. The van der Waals surface area contributed by atoms with Gasteiger partial charge in [0, 0.05) is 0 Å². The van der Waals surface area contributed by atoms with Gasteiger partial charge in [-0.3, -0.25) is 19.6 Å². The van der Waals surface area contributed by atoms with Gasteiger partial charge in [0.2, 0.25) is 0 Å². The summed E-state index contributed by atoms with van der Waals surface area (Å²) in [6, 6.07) is 9.26. The number of hydrazone groups is 1. The fourth-order valence-electron chi connectivity index (χ4n) is 2.84. The maximum Gasteiger partial charge on any atom is 0.353 e. The molecule has 0 spiro atoms. The molecule has 2 heterocycles. The van der Waals surface area contributed by atoms with E-state index in [0.717, 1.165) is 0 Å². The fraction of sp³-hybridized carbons (Fsp3) is 0.200. The van der Waals surface area contributed by atoms with Crippen molar-refractivity contribution in [2.24, 2.45) is 5.10 Å². The van der Waals surface area contributed by atoms with Gasteiger partial charge in [0.25, 0.3) is 5.91 Å². The summed E-state index contributed by atoms with van der Waals surface area (Å²) in [5, 5.41) is 20.9. The van der Waals surface area contributed by atoms with E-state index in [-0.39, 0.29) is 11.4 Å². The lowest BCUT2D eigenvalue weighted by Gasteiger charge is -2.11. The number of aromatic nitrogens is 2. The molecular weight excluding hydrogens is 422 g/mol. The van der Waals surface area contributed by atoms with E-state index < -0.39 is 22.8 Å². The first-order chi connectivity index (χ1) is 14.8. The molecule has 0 aliphatic rings. The zero-order valence-electron chi connectivity index (χ0n) is 16.9. The predicted molar refractivity (Wildman–Crippen MR) is 115 cm³/mol. The van der Waals surface area contributed by atoms with Crippen LogP contribution in [0.4, 0.5) is 5.69 Å². The lowest BCUT2D eigenvalue weighted by atomic mass is 10.2. The topological polar surface area (TPSA) is 129 Å². The molecule has 0 saturated carbocycles. The lowest BCUT2D eigenvalue weighted by molar-refractivity contribution is -0.386. The van der Waals surface area contributed by atoms with Crippen LogP contribution in [0.3, 0.4) is 0 Å². The van der Waals surface area contributed by atoms with Crippen LogP contribution in [0, 0.1) is 24.0 Å². The van der Waals surface area contributed by atoms with Crippen LogP contribution in [0.15, 0.2) is 46.9 Å². The summed E-state index contributed by atoms with van der Waals surface area (Å²) < 4.78 is 6.58. The third-order valence-corrected chi connectivity index (χ3v) is 5.27. The molecule has 1 N–H and O–H groups in total. The molecule has 31 heavy (non-hydrogen) atoms. The minimum atomic E-state index is -0.788. The van der Waals surface area contributed by atoms with E-state index in [1.54, 1.807) is 48.7 Å². The monoisotopic (exact) mass is 441 g/mol. The number of nitrogens with zero attached hydrogens (tertiary/aromatic N) is 4. The molecule has 1 aromatic carbocycles. The standard InChI is InChI=1S/C20H19N5O5S/c1-12-18(25(28)29)13(2)24(23-12)14(3)19(26)22-21-11-15-6-8-16(9-7-15)30-20(27)17-5-4-10-31-17/h4-11,14H,1-3H3,(H,22,26)/b21-11+. The Morgan fingerprint density at radius 1 is 1.29 bits per heavy atom. The average molecular weight is 441 g/mol. The van der Waals surface area contributed by atoms with E-state index in [1.807, 2.05) is 0 Å². The first-order valence-corrected chi connectivity index (χ1v) is 10.0. The van der Waals surface area contributed by atoms with Gasteiger partial charge in [-0.05, 0) is 62.0 Å². The van der Waals surface area contributed by atoms with Crippen molar-refractivity contribution in [2.75, 3.05) is 0 Å². The second-order valence-corrected chi connectivity index (χ2v) is 7.51. The van der Waals surface area contributed by atoms with Crippen LogP contribution in [0.1, 0.15) is 39.6 Å². The number of benzene rings is 1. The van der Waals surface area contributed by atoms with Gasteiger partial charge < -0.3 is 4.74 Å². The molecule has 0 aliphatic heterocycles. The number of ether oxygens (including phenoxy) is 1. The number of aryl methyl sites for hydroxylation is 1. The highest BCUT2D eigenvalue weighted by Gasteiger charge is 2.26. The second-order valence-electron chi connectivity index (χ2n) is 6.57. The molecule has 10 nitrogen and oxygen atoms in total. The van der Waals surface area contributed by atoms with Crippen LogP contribution < -0.4 is 10.2 Å². The molecule has 2 aromatic heterocycles. The summed E-state index contributed by atoms with van der Waals surface area (Å²) in [6.45, 7) is 4.63. The molecular formula is C20H19N5O5S. The molecule has 1 unspecified atom stereocenters. The molecule has 0 saturated heterocycles. The van der Waals surface area contributed by atoms with Gasteiger partial charge >= 0.3 is 11.7 Å². The van der Waals surface area contributed by atoms with Crippen molar-refractivity contribution in [3.63, 3.8) is 0 Å². The number of hydrogen-bond donors (Lipinski definition) is 1. The molecule has 0 bridgehead atoms. The number of amides is 1. The molecule has 0 aliphatic carbocycles. The summed E-state index contributed by atoms with van der Waals surface area (Å²) in [6.07, 6.45) is 1.43. The van der Waals surface area contributed by atoms with Gasteiger partial charge in [0.1, 0.15) is 28.1 Å². The molecule has 160 valence electrons. The summed E-state index contributed by atoms with van der Waals surface area (Å²) in [5.74, 6) is -0.514. The number of thiophene rings is 1. The maximum atomic E-state index is 12.4.